The Bertz CT molecular complexity index is 2060. The average Bonchev–Trinajstić information content (AvgIpc) is 3.30. The first-order chi connectivity index (χ1) is 19.6. The molecule has 4 nitrogen and oxygen atoms in total. The van der Waals surface area contributed by atoms with Crippen molar-refractivity contribution in [2.24, 2.45) is 4.99 Å². The summed E-state index contributed by atoms with van der Waals surface area (Å²) in [6.45, 7) is 0.122. The second kappa shape index (κ2) is 9.78. The maximum Gasteiger partial charge on any atom is 0.271 e. The number of thiazole rings is 1. The van der Waals surface area contributed by atoms with E-state index in [1.54, 1.807) is 16.7 Å². The monoisotopic (exact) mass is 542 g/mol. The Kier molecular flexibility index (Phi) is 5.95. The van der Waals surface area contributed by atoms with Crippen molar-refractivity contribution in [2.45, 2.75) is 18.9 Å². The third kappa shape index (κ3) is 3.98. The van der Waals surface area contributed by atoms with Crippen LogP contribution in [0.2, 0.25) is 0 Å². The number of hydrogen-bond acceptors (Lipinski definition) is 4. The zero-order valence-corrected chi connectivity index (χ0v) is 22.2. The smallest absolute Gasteiger partial charge is 0.271 e. The van der Waals surface area contributed by atoms with Gasteiger partial charge < -0.3 is 4.74 Å². The fourth-order valence-corrected chi connectivity index (χ4v) is 6.75. The summed E-state index contributed by atoms with van der Waals surface area (Å²) in [5, 5.41) is 2.00. The zero-order valence-electron chi connectivity index (χ0n) is 21.4. The second-order valence-electron chi connectivity index (χ2n) is 9.86. The van der Waals surface area contributed by atoms with Crippen LogP contribution in [0.25, 0.3) is 22.5 Å². The number of benzene rings is 4. The number of aromatic nitrogens is 1. The highest BCUT2D eigenvalue weighted by atomic mass is 32.1. The first kappa shape index (κ1) is 24.3. The summed E-state index contributed by atoms with van der Waals surface area (Å²) in [7, 11) is 0. The molecule has 2 aliphatic rings. The molecule has 5 aromatic rings. The van der Waals surface area contributed by atoms with Crippen LogP contribution in [0, 0.1) is 18.2 Å². The molecule has 1 aromatic heterocycles. The standard InChI is InChI=1S/C34H23FN2O2S/c1-2-19-39-29-18-14-21-7-3-5-9-25(21)28(29)20-30-33(38)37-32(23-11-15-24(35)16-12-23)27-17-13-22-8-4-6-10-26(22)31(27)36-34(37)40-30/h1,3-12,14-16,18,20,32H,13,17,19H2/t32-/m0/s1. The van der Waals surface area contributed by atoms with Gasteiger partial charge in [0.15, 0.2) is 4.80 Å². The number of aryl methyl sites for hydroxylation is 1. The normalized spacial score (nSPS) is 16.1. The molecule has 1 atom stereocenters. The van der Waals surface area contributed by atoms with E-state index in [2.05, 4.69) is 18.1 Å². The molecule has 4 aromatic carbocycles. The largest absolute Gasteiger partial charge is 0.480 e. The van der Waals surface area contributed by atoms with Gasteiger partial charge in [-0.25, -0.2) is 9.38 Å². The molecule has 0 unspecified atom stereocenters. The number of rotatable bonds is 4. The van der Waals surface area contributed by atoms with Gasteiger partial charge in [-0.2, -0.15) is 0 Å². The van der Waals surface area contributed by atoms with Gasteiger partial charge in [-0.1, -0.05) is 84.0 Å². The molecule has 1 aliphatic carbocycles. The molecule has 0 radical (unpaired) electrons. The molecule has 194 valence electrons. The number of fused-ring (bicyclic) bond motifs is 4. The lowest BCUT2D eigenvalue weighted by molar-refractivity contribution is 0.370. The molecule has 0 amide bonds. The molecular weight excluding hydrogens is 519 g/mol. The summed E-state index contributed by atoms with van der Waals surface area (Å²) >= 11 is 1.35. The second-order valence-corrected chi connectivity index (χ2v) is 10.9. The minimum Gasteiger partial charge on any atom is -0.480 e. The van der Waals surface area contributed by atoms with Crippen LogP contribution in [-0.4, -0.2) is 11.2 Å². The van der Waals surface area contributed by atoms with E-state index in [-0.39, 0.29) is 24.0 Å². The molecule has 0 saturated heterocycles. The van der Waals surface area contributed by atoms with Crippen molar-refractivity contribution >= 4 is 33.9 Å². The highest BCUT2D eigenvalue weighted by molar-refractivity contribution is 7.07. The van der Waals surface area contributed by atoms with Gasteiger partial charge in [0.05, 0.1) is 16.3 Å². The van der Waals surface area contributed by atoms with Gasteiger partial charge in [0, 0.05) is 11.1 Å². The summed E-state index contributed by atoms with van der Waals surface area (Å²) < 4.78 is 22.1. The lowest BCUT2D eigenvalue weighted by atomic mass is 9.83. The number of ether oxygens (including phenoxy) is 1. The Balaban J connectivity index is 1.50. The van der Waals surface area contributed by atoms with Crippen LogP contribution >= 0.6 is 11.3 Å². The van der Waals surface area contributed by atoms with E-state index in [0.29, 0.717) is 15.1 Å². The molecule has 40 heavy (non-hydrogen) atoms. The van der Waals surface area contributed by atoms with Gasteiger partial charge in [-0.05, 0) is 64.6 Å². The van der Waals surface area contributed by atoms with Crippen LogP contribution in [0.4, 0.5) is 4.39 Å². The molecule has 0 spiro atoms. The molecule has 2 heterocycles. The molecular formula is C34H23FN2O2S. The van der Waals surface area contributed by atoms with Gasteiger partial charge in [0.2, 0.25) is 0 Å². The summed E-state index contributed by atoms with van der Waals surface area (Å²) in [4.78, 5) is 19.8. The highest BCUT2D eigenvalue weighted by Gasteiger charge is 2.32. The third-order valence-corrected chi connectivity index (χ3v) is 8.56. The van der Waals surface area contributed by atoms with Crippen molar-refractivity contribution in [2.75, 3.05) is 6.61 Å². The van der Waals surface area contributed by atoms with E-state index in [9.17, 15) is 9.18 Å². The Morgan fingerprint density at radius 1 is 1.02 bits per heavy atom. The van der Waals surface area contributed by atoms with E-state index < -0.39 is 0 Å². The Morgan fingerprint density at radius 2 is 1.82 bits per heavy atom. The SMILES string of the molecule is C#CCOc1ccc2ccccc2c1C=c1sc2n(c1=O)[C@@H](c1ccc(F)cc1)C1=C(N=2)c2ccccc2CC1. The number of terminal acetylenes is 1. The summed E-state index contributed by atoms with van der Waals surface area (Å²) in [6.07, 6.45) is 8.99. The number of hydrogen-bond donors (Lipinski definition) is 0. The Hall–Kier alpha value is -4.73. The number of nitrogens with zero attached hydrogens (tertiary/aromatic N) is 2. The predicted octanol–water partition coefficient (Wildman–Crippen LogP) is 5.62. The quantitative estimate of drug-likeness (QED) is 0.277. The first-order valence-corrected chi connectivity index (χ1v) is 13.9. The minimum atomic E-state index is -0.368. The number of halogens is 1. The van der Waals surface area contributed by atoms with Crippen molar-refractivity contribution in [3.8, 4) is 18.1 Å². The molecule has 0 saturated carbocycles. The maximum atomic E-state index is 14.2. The van der Waals surface area contributed by atoms with Gasteiger partial charge in [-0.3, -0.25) is 9.36 Å². The minimum absolute atomic E-state index is 0.122. The zero-order chi connectivity index (χ0) is 27.2. The lowest BCUT2D eigenvalue weighted by Crippen LogP contribution is -2.38. The number of allylic oxidation sites excluding steroid dienone is 1. The summed E-state index contributed by atoms with van der Waals surface area (Å²) in [6, 6.07) is 26.2. The van der Waals surface area contributed by atoms with Gasteiger partial charge in [0.25, 0.3) is 5.56 Å². The Morgan fingerprint density at radius 3 is 2.67 bits per heavy atom. The van der Waals surface area contributed by atoms with E-state index in [4.69, 9.17) is 16.2 Å². The molecule has 7 rings (SSSR count). The Labute approximate surface area is 234 Å². The van der Waals surface area contributed by atoms with E-state index in [1.807, 2.05) is 54.6 Å². The van der Waals surface area contributed by atoms with Crippen molar-refractivity contribution in [1.29, 1.82) is 0 Å². The fourth-order valence-electron chi connectivity index (χ4n) is 5.77. The fraction of sp³-hybridized carbons (Fsp3) is 0.118. The van der Waals surface area contributed by atoms with Crippen molar-refractivity contribution < 1.29 is 9.13 Å². The van der Waals surface area contributed by atoms with Crippen LogP contribution in [0.15, 0.2) is 100 Å². The highest BCUT2D eigenvalue weighted by Crippen LogP contribution is 2.41. The van der Waals surface area contributed by atoms with Crippen LogP contribution in [0.3, 0.4) is 0 Å². The lowest BCUT2D eigenvalue weighted by Gasteiger charge is -2.30. The van der Waals surface area contributed by atoms with E-state index in [0.717, 1.165) is 51.6 Å². The molecule has 0 N–H and O–H groups in total. The van der Waals surface area contributed by atoms with E-state index >= 15 is 0 Å². The van der Waals surface area contributed by atoms with Crippen LogP contribution in [0.1, 0.15) is 34.7 Å². The van der Waals surface area contributed by atoms with Gasteiger partial charge in [0.1, 0.15) is 18.2 Å². The predicted molar refractivity (Wildman–Crippen MR) is 157 cm³/mol. The van der Waals surface area contributed by atoms with Crippen LogP contribution in [0.5, 0.6) is 5.75 Å². The molecule has 1 aliphatic heterocycles. The van der Waals surface area contributed by atoms with Crippen LogP contribution < -0.4 is 19.6 Å². The summed E-state index contributed by atoms with van der Waals surface area (Å²) in [5.41, 5.74) is 5.84. The maximum absolute atomic E-state index is 14.2. The topological polar surface area (TPSA) is 43.6 Å². The van der Waals surface area contributed by atoms with Crippen molar-refractivity contribution in [3.05, 3.63) is 138 Å². The van der Waals surface area contributed by atoms with Gasteiger partial charge in [-0.15, -0.1) is 6.42 Å². The van der Waals surface area contributed by atoms with Crippen molar-refractivity contribution in [1.82, 2.24) is 4.57 Å². The molecule has 0 bridgehead atoms. The van der Waals surface area contributed by atoms with Crippen LogP contribution in [-0.2, 0) is 6.42 Å². The van der Waals surface area contributed by atoms with Gasteiger partial charge >= 0.3 is 0 Å². The summed E-state index contributed by atoms with van der Waals surface area (Å²) in [5.74, 6) is 2.83. The van der Waals surface area contributed by atoms with E-state index in [1.165, 1.54) is 29.0 Å². The molecule has 6 heteroatoms. The molecule has 0 fully saturated rings. The van der Waals surface area contributed by atoms with Crippen molar-refractivity contribution in [3.63, 3.8) is 0 Å². The first-order valence-electron chi connectivity index (χ1n) is 13.1. The third-order valence-electron chi connectivity index (χ3n) is 7.58. The average molecular weight is 543 g/mol.